The SMILES string of the molecule is CCCNC(Cc1csc(C)n1)C1CN(CC)CCO1. The van der Waals surface area contributed by atoms with Crippen LogP contribution < -0.4 is 5.32 Å². The predicted octanol–water partition coefficient (Wildman–Crippen LogP) is 2.08. The second-order valence-corrected chi connectivity index (χ2v) is 6.49. The monoisotopic (exact) mass is 297 g/mol. The van der Waals surface area contributed by atoms with Crippen molar-refractivity contribution in [3.63, 3.8) is 0 Å². The highest BCUT2D eigenvalue weighted by molar-refractivity contribution is 7.09. The highest BCUT2D eigenvalue weighted by Gasteiger charge is 2.27. The summed E-state index contributed by atoms with van der Waals surface area (Å²) in [5.41, 5.74) is 1.19. The highest BCUT2D eigenvalue weighted by Crippen LogP contribution is 2.15. The van der Waals surface area contributed by atoms with Crippen LogP contribution in [0.4, 0.5) is 0 Å². The second-order valence-electron chi connectivity index (χ2n) is 5.43. The van der Waals surface area contributed by atoms with Crippen LogP contribution in [0, 0.1) is 6.92 Å². The Morgan fingerprint density at radius 2 is 2.40 bits per heavy atom. The average Bonchev–Trinajstić information content (AvgIpc) is 2.88. The van der Waals surface area contributed by atoms with Crippen LogP contribution in [0.15, 0.2) is 5.38 Å². The van der Waals surface area contributed by atoms with Crippen LogP contribution >= 0.6 is 11.3 Å². The Bertz CT molecular complexity index is 396. The van der Waals surface area contributed by atoms with Gasteiger partial charge in [-0.3, -0.25) is 4.90 Å². The first kappa shape index (κ1) is 15.9. The van der Waals surface area contributed by atoms with Gasteiger partial charge in [0.1, 0.15) is 0 Å². The van der Waals surface area contributed by atoms with Crippen molar-refractivity contribution in [1.29, 1.82) is 0 Å². The molecule has 0 aliphatic carbocycles. The number of nitrogens with zero attached hydrogens (tertiary/aromatic N) is 2. The zero-order valence-corrected chi connectivity index (χ0v) is 13.7. The number of thiazole rings is 1. The second kappa shape index (κ2) is 8.08. The first-order valence-electron chi connectivity index (χ1n) is 7.71. The first-order valence-corrected chi connectivity index (χ1v) is 8.59. The van der Waals surface area contributed by atoms with Crippen LogP contribution in [0.1, 0.15) is 31.0 Å². The summed E-state index contributed by atoms with van der Waals surface area (Å²) in [6.07, 6.45) is 2.39. The van der Waals surface area contributed by atoms with Crippen LogP contribution in [0.5, 0.6) is 0 Å². The van der Waals surface area contributed by atoms with Crippen molar-refractivity contribution in [2.24, 2.45) is 0 Å². The molecule has 114 valence electrons. The Kier molecular flexibility index (Phi) is 6.42. The number of nitrogens with one attached hydrogen (secondary N) is 1. The van der Waals surface area contributed by atoms with Gasteiger partial charge in [-0.1, -0.05) is 13.8 Å². The Morgan fingerprint density at radius 3 is 3.05 bits per heavy atom. The minimum atomic E-state index is 0.275. The zero-order chi connectivity index (χ0) is 14.4. The summed E-state index contributed by atoms with van der Waals surface area (Å²) in [6, 6.07) is 0.366. The van der Waals surface area contributed by atoms with E-state index >= 15 is 0 Å². The summed E-state index contributed by atoms with van der Waals surface area (Å²) in [4.78, 5) is 7.08. The molecule has 2 rings (SSSR count). The molecule has 1 aromatic heterocycles. The van der Waals surface area contributed by atoms with Gasteiger partial charge in [-0.05, 0) is 26.4 Å². The molecule has 5 heteroatoms. The van der Waals surface area contributed by atoms with Gasteiger partial charge in [-0.15, -0.1) is 11.3 Å². The van der Waals surface area contributed by atoms with E-state index in [4.69, 9.17) is 4.74 Å². The van der Waals surface area contributed by atoms with Crippen LogP contribution in [0.25, 0.3) is 0 Å². The van der Waals surface area contributed by atoms with Gasteiger partial charge < -0.3 is 10.1 Å². The fourth-order valence-corrected chi connectivity index (χ4v) is 3.28. The highest BCUT2D eigenvalue weighted by atomic mass is 32.1. The fourth-order valence-electron chi connectivity index (χ4n) is 2.65. The van der Waals surface area contributed by atoms with Gasteiger partial charge in [-0.25, -0.2) is 4.98 Å². The van der Waals surface area contributed by atoms with E-state index in [9.17, 15) is 0 Å². The molecule has 0 radical (unpaired) electrons. The van der Waals surface area contributed by atoms with Gasteiger partial charge in [0.2, 0.25) is 0 Å². The van der Waals surface area contributed by atoms with Crippen molar-refractivity contribution < 1.29 is 4.74 Å². The lowest BCUT2D eigenvalue weighted by Gasteiger charge is -2.36. The molecule has 1 aliphatic rings. The summed E-state index contributed by atoms with van der Waals surface area (Å²) in [5.74, 6) is 0. The molecule has 2 unspecified atom stereocenters. The van der Waals surface area contributed by atoms with E-state index in [1.807, 2.05) is 0 Å². The molecule has 20 heavy (non-hydrogen) atoms. The summed E-state index contributed by atoms with van der Waals surface area (Å²) in [5, 5.41) is 6.98. The zero-order valence-electron chi connectivity index (χ0n) is 12.9. The van der Waals surface area contributed by atoms with E-state index in [1.54, 1.807) is 11.3 Å². The smallest absolute Gasteiger partial charge is 0.0897 e. The fraction of sp³-hybridized carbons (Fsp3) is 0.800. The third-order valence-electron chi connectivity index (χ3n) is 3.83. The topological polar surface area (TPSA) is 37.4 Å². The number of aromatic nitrogens is 1. The normalized spacial score (nSPS) is 22.1. The van der Waals surface area contributed by atoms with Gasteiger partial charge >= 0.3 is 0 Å². The molecule has 4 nitrogen and oxygen atoms in total. The molecule has 2 heterocycles. The van der Waals surface area contributed by atoms with Crippen molar-refractivity contribution in [1.82, 2.24) is 15.2 Å². The van der Waals surface area contributed by atoms with Crippen LogP contribution in [0.2, 0.25) is 0 Å². The number of aryl methyl sites for hydroxylation is 1. The van der Waals surface area contributed by atoms with E-state index in [-0.39, 0.29) is 6.10 Å². The molecule has 0 amide bonds. The van der Waals surface area contributed by atoms with E-state index in [2.05, 4.69) is 41.4 Å². The van der Waals surface area contributed by atoms with Crippen LogP contribution in [-0.2, 0) is 11.2 Å². The van der Waals surface area contributed by atoms with Crippen molar-refractivity contribution in [2.75, 3.05) is 32.8 Å². The Morgan fingerprint density at radius 1 is 1.55 bits per heavy atom. The summed E-state index contributed by atoms with van der Waals surface area (Å²) in [6.45, 7) is 11.6. The van der Waals surface area contributed by atoms with E-state index in [1.165, 1.54) is 5.69 Å². The molecule has 0 bridgehead atoms. The molecular weight excluding hydrogens is 270 g/mol. The number of likely N-dealkylation sites (N-methyl/N-ethyl adjacent to an activating group) is 1. The van der Waals surface area contributed by atoms with Crippen molar-refractivity contribution in [2.45, 2.75) is 45.8 Å². The van der Waals surface area contributed by atoms with E-state index < -0.39 is 0 Å². The lowest BCUT2D eigenvalue weighted by atomic mass is 10.0. The molecule has 0 spiro atoms. The lowest BCUT2D eigenvalue weighted by molar-refractivity contribution is -0.0448. The number of hydrogen-bond donors (Lipinski definition) is 1. The molecular formula is C15H27N3OS. The summed E-state index contributed by atoms with van der Waals surface area (Å²) in [7, 11) is 0. The minimum absolute atomic E-state index is 0.275. The molecule has 1 aromatic rings. The molecule has 0 saturated carbocycles. The molecule has 2 atom stereocenters. The molecule has 1 N–H and O–H groups in total. The van der Waals surface area contributed by atoms with E-state index in [0.29, 0.717) is 6.04 Å². The number of rotatable bonds is 7. The molecule has 1 aliphatic heterocycles. The van der Waals surface area contributed by atoms with Crippen molar-refractivity contribution in [3.05, 3.63) is 16.1 Å². The first-order chi connectivity index (χ1) is 9.72. The quantitative estimate of drug-likeness (QED) is 0.836. The Hall–Kier alpha value is -0.490. The van der Waals surface area contributed by atoms with Gasteiger partial charge in [0.15, 0.2) is 0 Å². The summed E-state index contributed by atoms with van der Waals surface area (Å²) < 4.78 is 6.02. The minimum Gasteiger partial charge on any atom is -0.374 e. The number of ether oxygens (including phenoxy) is 1. The number of morpholine rings is 1. The maximum absolute atomic E-state index is 6.02. The van der Waals surface area contributed by atoms with Gasteiger partial charge in [-0.2, -0.15) is 0 Å². The van der Waals surface area contributed by atoms with Crippen molar-refractivity contribution >= 4 is 11.3 Å². The van der Waals surface area contributed by atoms with Gasteiger partial charge in [0.25, 0.3) is 0 Å². The maximum atomic E-state index is 6.02. The Balaban J connectivity index is 1.98. The summed E-state index contributed by atoms with van der Waals surface area (Å²) >= 11 is 1.73. The average molecular weight is 297 g/mol. The molecule has 1 saturated heterocycles. The molecule has 0 aromatic carbocycles. The van der Waals surface area contributed by atoms with Crippen LogP contribution in [-0.4, -0.2) is 54.8 Å². The van der Waals surface area contributed by atoms with Gasteiger partial charge in [0.05, 0.1) is 23.4 Å². The maximum Gasteiger partial charge on any atom is 0.0897 e. The standard InChI is InChI=1S/C15H27N3OS/c1-4-6-16-14(9-13-11-20-12(3)17-13)15-10-18(5-2)7-8-19-15/h11,14-16H,4-10H2,1-3H3. The largest absolute Gasteiger partial charge is 0.374 e. The number of hydrogen-bond acceptors (Lipinski definition) is 5. The van der Waals surface area contributed by atoms with Crippen LogP contribution in [0.3, 0.4) is 0 Å². The molecule has 1 fully saturated rings. The third kappa shape index (κ3) is 4.52. The third-order valence-corrected chi connectivity index (χ3v) is 4.65. The van der Waals surface area contributed by atoms with Crippen molar-refractivity contribution in [3.8, 4) is 0 Å². The predicted molar refractivity (Wildman–Crippen MR) is 84.5 cm³/mol. The van der Waals surface area contributed by atoms with E-state index in [0.717, 1.165) is 50.6 Å². The Labute approximate surface area is 126 Å². The lowest BCUT2D eigenvalue weighted by Crippen LogP contribution is -2.53. The van der Waals surface area contributed by atoms with Gasteiger partial charge in [0, 0.05) is 30.9 Å².